The predicted molar refractivity (Wildman–Crippen MR) is 66.0 cm³/mol. The molecule has 2 aromatic rings. The Morgan fingerprint density at radius 2 is 2.18 bits per heavy atom. The number of H-pyrrole nitrogens is 1. The molecule has 1 aliphatic heterocycles. The highest BCUT2D eigenvalue weighted by Gasteiger charge is 2.24. The molecule has 0 amide bonds. The molecule has 1 aliphatic rings. The first-order chi connectivity index (χ1) is 8.09. The van der Waals surface area contributed by atoms with Crippen molar-refractivity contribution in [3.05, 3.63) is 29.5 Å². The molecular formula is C12H13NO3S. The van der Waals surface area contributed by atoms with E-state index >= 15 is 0 Å². The number of fused-ring (bicyclic) bond motifs is 3. The highest BCUT2D eigenvalue weighted by molar-refractivity contribution is 7.90. The summed E-state index contributed by atoms with van der Waals surface area (Å²) in [6.45, 7) is 0. The summed E-state index contributed by atoms with van der Waals surface area (Å²) in [6.07, 6.45) is 0.578. The Hall–Kier alpha value is -1.49. The van der Waals surface area contributed by atoms with Gasteiger partial charge in [-0.25, -0.2) is 8.42 Å². The molecule has 0 saturated heterocycles. The molecule has 90 valence electrons. The summed E-state index contributed by atoms with van der Waals surface area (Å²) in [4.78, 5) is 3.29. The van der Waals surface area contributed by atoms with Crippen LogP contribution in [0.2, 0.25) is 0 Å². The largest absolute Gasteiger partial charge is 0.497 e. The first-order valence-electron chi connectivity index (χ1n) is 5.47. The number of hydrogen-bond acceptors (Lipinski definition) is 3. The minimum absolute atomic E-state index is 0.134. The van der Waals surface area contributed by atoms with E-state index in [2.05, 4.69) is 4.98 Å². The van der Waals surface area contributed by atoms with Crippen molar-refractivity contribution < 1.29 is 13.2 Å². The average Bonchev–Trinajstić information content (AvgIpc) is 2.65. The number of aromatic nitrogens is 1. The van der Waals surface area contributed by atoms with E-state index in [4.69, 9.17) is 4.74 Å². The van der Waals surface area contributed by atoms with E-state index in [9.17, 15) is 8.42 Å². The predicted octanol–water partition coefficient (Wildman–Crippen LogP) is 1.65. The van der Waals surface area contributed by atoms with Gasteiger partial charge in [-0.2, -0.15) is 0 Å². The third kappa shape index (κ3) is 1.70. The smallest absolute Gasteiger partial charge is 0.154 e. The average molecular weight is 251 g/mol. The number of hydrogen-bond donors (Lipinski definition) is 1. The standard InChI is InChI=1S/C12H13NO3S/c1-16-8-2-3-11-9(6-8)10-7-17(14,15)5-4-12(10)13-11/h2-3,6,13H,4-5,7H2,1H3. The number of aromatic amines is 1. The zero-order valence-electron chi connectivity index (χ0n) is 9.49. The van der Waals surface area contributed by atoms with E-state index in [-0.39, 0.29) is 11.5 Å². The Balaban J connectivity index is 2.25. The molecule has 4 nitrogen and oxygen atoms in total. The Labute approximate surface area is 99.5 Å². The van der Waals surface area contributed by atoms with Crippen LogP contribution in [0.25, 0.3) is 10.9 Å². The van der Waals surface area contributed by atoms with Gasteiger partial charge < -0.3 is 9.72 Å². The van der Waals surface area contributed by atoms with Crippen molar-refractivity contribution in [3.8, 4) is 5.75 Å². The molecule has 0 bridgehead atoms. The Bertz CT molecular complexity index is 685. The topological polar surface area (TPSA) is 59.2 Å². The van der Waals surface area contributed by atoms with Crippen LogP contribution in [0, 0.1) is 0 Å². The fraction of sp³-hybridized carbons (Fsp3) is 0.333. The molecule has 5 heteroatoms. The van der Waals surface area contributed by atoms with E-state index < -0.39 is 9.84 Å². The quantitative estimate of drug-likeness (QED) is 0.838. The second-order valence-corrected chi connectivity index (χ2v) is 6.52. The van der Waals surface area contributed by atoms with Gasteiger partial charge in [0, 0.05) is 23.0 Å². The van der Waals surface area contributed by atoms with Gasteiger partial charge in [-0.3, -0.25) is 0 Å². The molecule has 0 spiro atoms. The zero-order valence-corrected chi connectivity index (χ0v) is 10.3. The van der Waals surface area contributed by atoms with E-state index in [1.807, 2.05) is 18.2 Å². The maximum atomic E-state index is 11.7. The molecule has 1 aromatic heterocycles. The van der Waals surface area contributed by atoms with Crippen LogP contribution in [0.15, 0.2) is 18.2 Å². The van der Waals surface area contributed by atoms with E-state index in [1.165, 1.54) is 0 Å². The minimum atomic E-state index is -2.94. The molecule has 2 heterocycles. The molecule has 3 rings (SSSR count). The van der Waals surface area contributed by atoms with Gasteiger partial charge in [0.1, 0.15) is 5.75 Å². The molecular weight excluding hydrogens is 238 g/mol. The van der Waals surface area contributed by atoms with Gasteiger partial charge in [0.25, 0.3) is 0 Å². The number of aryl methyl sites for hydroxylation is 1. The van der Waals surface area contributed by atoms with Crippen LogP contribution in [0.1, 0.15) is 11.3 Å². The summed E-state index contributed by atoms with van der Waals surface area (Å²) in [7, 11) is -1.33. The third-order valence-corrected chi connectivity index (χ3v) is 4.78. The Morgan fingerprint density at radius 1 is 1.35 bits per heavy atom. The number of benzene rings is 1. The SMILES string of the molecule is COc1ccc2[nH]c3c(c2c1)CS(=O)(=O)CC3. The monoisotopic (exact) mass is 251 g/mol. The molecule has 0 aliphatic carbocycles. The van der Waals surface area contributed by atoms with E-state index in [1.54, 1.807) is 7.11 Å². The lowest BCUT2D eigenvalue weighted by Crippen LogP contribution is -2.18. The second kappa shape index (κ2) is 3.50. The lowest BCUT2D eigenvalue weighted by atomic mass is 10.1. The van der Waals surface area contributed by atoms with Crippen LogP contribution in [0.5, 0.6) is 5.75 Å². The highest BCUT2D eigenvalue weighted by Crippen LogP contribution is 2.31. The van der Waals surface area contributed by atoms with Crippen molar-refractivity contribution in [2.75, 3.05) is 12.9 Å². The molecule has 0 atom stereocenters. The third-order valence-electron chi connectivity index (χ3n) is 3.23. The number of methoxy groups -OCH3 is 1. The van der Waals surface area contributed by atoms with Gasteiger partial charge in [0.2, 0.25) is 0 Å². The van der Waals surface area contributed by atoms with Gasteiger partial charge >= 0.3 is 0 Å². The summed E-state index contributed by atoms with van der Waals surface area (Å²) in [5.41, 5.74) is 2.93. The van der Waals surface area contributed by atoms with Gasteiger partial charge in [-0.15, -0.1) is 0 Å². The van der Waals surface area contributed by atoms with Gasteiger partial charge in [-0.1, -0.05) is 0 Å². The Kier molecular flexibility index (Phi) is 2.19. The number of ether oxygens (including phenoxy) is 1. The van der Waals surface area contributed by atoms with E-state index in [0.717, 1.165) is 27.9 Å². The van der Waals surface area contributed by atoms with Gasteiger partial charge in [0.15, 0.2) is 9.84 Å². The zero-order chi connectivity index (χ0) is 12.0. The number of rotatable bonds is 1. The summed E-state index contributed by atoms with van der Waals surface area (Å²) >= 11 is 0. The molecule has 0 saturated carbocycles. The first-order valence-corrected chi connectivity index (χ1v) is 7.29. The summed E-state index contributed by atoms with van der Waals surface area (Å²) in [6, 6.07) is 5.70. The van der Waals surface area contributed by atoms with Crippen molar-refractivity contribution in [1.82, 2.24) is 4.98 Å². The summed E-state index contributed by atoms with van der Waals surface area (Å²) < 4.78 is 28.5. The van der Waals surface area contributed by atoms with Gasteiger partial charge in [0.05, 0.1) is 18.6 Å². The Morgan fingerprint density at radius 3 is 2.94 bits per heavy atom. The van der Waals surface area contributed by atoms with E-state index in [0.29, 0.717) is 6.42 Å². The summed E-state index contributed by atoms with van der Waals surface area (Å²) in [5.74, 6) is 1.13. The fourth-order valence-corrected chi connectivity index (χ4v) is 3.77. The maximum absolute atomic E-state index is 11.7. The molecule has 17 heavy (non-hydrogen) atoms. The lowest BCUT2D eigenvalue weighted by molar-refractivity contribution is 0.415. The van der Waals surface area contributed by atoms with Crippen LogP contribution in [0.4, 0.5) is 0 Å². The first kappa shape index (κ1) is 10.7. The fourth-order valence-electron chi connectivity index (χ4n) is 2.34. The molecule has 1 N–H and O–H groups in total. The molecule has 0 fully saturated rings. The maximum Gasteiger partial charge on any atom is 0.154 e. The van der Waals surface area contributed by atoms with Crippen LogP contribution >= 0.6 is 0 Å². The van der Waals surface area contributed by atoms with Crippen molar-refractivity contribution in [2.24, 2.45) is 0 Å². The summed E-state index contributed by atoms with van der Waals surface area (Å²) in [5, 5.41) is 0.961. The van der Waals surface area contributed by atoms with Crippen LogP contribution in [-0.2, 0) is 22.0 Å². The molecule has 1 aromatic carbocycles. The number of sulfone groups is 1. The van der Waals surface area contributed by atoms with Crippen LogP contribution < -0.4 is 4.74 Å². The van der Waals surface area contributed by atoms with Crippen molar-refractivity contribution in [3.63, 3.8) is 0 Å². The second-order valence-electron chi connectivity index (χ2n) is 4.34. The van der Waals surface area contributed by atoms with Crippen molar-refractivity contribution in [1.29, 1.82) is 0 Å². The van der Waals surface area contributed by atoms with Crippen LogP contribution in [0.3, 0.4) is 0 Å². The van der Waals surface area contributed by atoms with Crippen LogP contribution in [-0.4, -0.2) is 26.3 Å². The molecule has 0 unspecified atom stereocenters. The normalized spacial score (nSPS) is 17.9. The van der Waals surface area contributed by atoms with Crippen molar-refractivity contribution in [2.45, 2.75) is 12.2 Å². The van der Waals surface area contributed by atoms with Gasteiger partial charge in [-0.05, 0) is 23.8 Å². The lowest BCUT2D eigenvalue weighted by Gasteiger charge is -2.12. The van der Waals surface area contributed by atoms with Crippen molar-refractivity contribution >= 4 is 20.7 Å². The highest BCUT2D eigenvalue weighted by atomic mass is 32.2. The molecule has 0 radical (unpaired) electrons. The minimum Gasteiger partial charge on any atom is -0.497 e. The number of nitrogens with one attached hydrogen (secondary N) is 1.